The summed E-state index contributed by atoms with van der Waals surface area (Å²) in [5.41, 5.74) is -9.67. The Morgan fingerprint density at radius 2 is 1.22 bits per heavy atom. The summed E-state index contributed by atoms with van der Waals surface area (Å²) in [7, 11) is 6.17. The van der Waals surface area contributed by atoms with E-state index in [1.807, 2.05) is 58.0 Å². The molecule has 1 aromatic carbocycles. The zero-order chi connectivity index (χ0) is 61.8. The van der Waals surface area contributed by atoms with Crippen LogP contribution in [0.25, 0.3) is 6.08 Å². The van der Waals surface area contributed by atoms with E-state index in [2.05, 4.69) is 0 Å². The molecule has 6 N–H and O–H groups in total. The lowest BCUT2D eigenvalue weighted by Gasteiger charge is -2.68. The Kier molecular flexibility index (Phi) is 20.1. The number of hydrogen-bond donors (Lipinski definition) is 6. The maximum absolute atomic E-state index is 13.9. The van der Waals surface area contributed by atoms with E-state index in [-0.39, 0.29) is 38.5 Å². The number of carbonyl (C=O) groups excluding carboxylic acids is 2. The number of esters is 2. The smallest absolute Gasteiger partial charge is 0.333 e. The van der Waals surface area contributed by atoms with E-state index >= 15 is 0 Å². The lowest BCUT2D eigenvalue weighted by Crippen LogP contribution is -2.80. The SMILES string of the molecule is CC=C(C)C(=O)OC(C)C1(O)CCC2(O)C3(O)C=CC4(O)CC(OC5CC(OC)C(OC6CC(OC)C(OC7CC(OC)C(OC8OC(C)C(O)C(OC)C8O)C(C)O7)C(C)O6)C(C)O5)CCC4(C)C3CC(OC(=O)C=Cc3ccccc3)C12C. The second-order valence-electron chi connectivity index (χ2n) is 25.5. The predicted octanol–water partition coefficient (Wildman–Crippen LogP) is 4.49. The Morgan fingerprint density at radius 1 is 0.671 bits per heavy atom. The normalized spacial score (nSPS) is 47.8. The molecular weight excluding hydrogens is 1110 g/mol. The van der Waals surface area contributed by atoms with Crippen molar-refractivity contribution in [1.29, 1.82) is 0 Å². The minimum atomic E-state index is -2.16. The van der Waals surface area contributed by atoms with Gasteiger partial charge >= 0.3 is 11.9 Å². The Hall–Kier alpha value is -3.34. The van der Waals surface area contributed by atoms with Gasteiger partial charge in [0.2, 0.25) is 0 Å². The molecule has 22 nitrogen and oxygen atoms in total. The monoisotopic (exact) mass is 1200 g/mol. The van der Waals surface area contributed by atoms with Crippen LogP contribution in [0.15, 0.2) is 60.2 Å². The van der Waals surface area contributed by atoms with E-state index in [0.29, 0.717) is 24.8 Å². The third-order valence-corrected chi connectivity index (χ3v) is 21.1. The second kappa shape index (κ2) is 25.9. The molecule has 4 aliphatic carbocycles. The minimum absolute atomic E-state index is 0.0680. The van der Waals surface area contributed by atoms with Crippen molar-refractivity contribution in [2.24, 2.45) is 16.7 Å². The predicted molar refractivity (Wildman–Crippen MR) is 303 cm³/mol. The lowest BCUT2D eigenvalue weighted by molar-refractivity contribution is -0.356. The van der Waals surface area contributed by atoms with E-state index < -0.39 is 174 Å². The van der Waals surface area contributed by atoms with E-state index in [1.165, 1.54) is 19.3 Å². The molecular formula is C63H94O22. The van der Waals surface area contributed by atoms with Crippen LogP contribution in [0.4, 0.5) is 0 Å². The highest BCUT2D eigenvalue weighted by Crippen LogP contribution is 2.72. The van der Waals surface area contributed by atoms with Crippen molar-refractivity contribution in [1.82, 2.24) is 0 Å². The number of hydrogen-bond acceptors (Lipinski definition) is 22. The van der Waals surface area contributed by atoms with Gasteiger partial charge in [-0.2, -0.15) is 0 Å². The highest BCUT2D eigenvalue weighted by molar-refractivity contribution is 5.88. The van der Waals surface area contributed by atoms with Gasteiger partial charge in [0, 0.05) is 77.1 Å². The topological polar surface area (TPSA) is 285 Å². The van der Waals surface area contributed by atoms with Crippen molar-refractivity contribution >= 4 is 18.0 Å². The number of allylic oxidation sites excluding steroid dienone is 1. The molecule has 7 fully saturated rings. The van der Waals surface area contributed by atoms with Gasteiger partial charge in [-0.15, -0.1) is 0 Å². The number of carbonyl (C=O) groups is 2. The minimum Gasteiger partial charge on any atom is -0.458 e. The summed E-state index contributed by atoms with van der Waals surface area (Å²) in [4.78, 5) is 27.1. The van der Waals surface area contributed by atoms with Gasteiger partial charge in [0.1, 0.15) is 65.6 Å². The number of aliphatic hydroxyl groups excluding tert-OH is 2. The first-order valence-electron chi connectivity index (χ1n) is 30.3. The summed E-state index contributed by atoms with van der Waals surface area (Å²) in [5, 5.41) is 73.9. The Balaban J connectivity index is 0.843. The molecule has 85 heavy (non-hydrogen) atoms. The van der Waals surface area contributed by atoms with Gasteiger partial charge in [0.15, 0.2) is 25.2 Å². The molecule has 22 heteroatoms. The fourth-order valence-electron chi connectivity index (χ4n) is 15.6. The molecule has 9 rings (SSSR count). The molecule has 8 aliphatic rings. The molecule has 0 radical (unpaired) electrons. The molecule has 1 aromatic rings. The van der Waals surface area contributed by atoms with Crippen molar-refractivity contribution in [3.63, 3.8) is 0 Å². The summed E-state index contributed by atoms with van der Waals surface area (Å²) >= 11 is 0. The zero-order valence-corrected chi connectivity index (χ0v) is 51.5. The number of ether oxygens (including phenoxy) is 14. The third kappa shape index (κ3) is 11.9. The van der Waals surface area contributed by atoms with E-state index in [4.69, 9.17) is 66.3 Å². The van der Waals surface area contributed by atoms with Crippen molar-refractivity contribution in [2.45, 2.75) is 265 Å². The maximum atomic E-state index is 13.9. The first-order valence-corrected chi connectivity index (χ1v) is 30.3. The molecule has 0 spiro atoms. The van der Waals surface area contributed by atoms with Crippen LogP contribution in [0, 0.1) is 16.7 Å². The summed E-state index contributed by atoms with van der Waals surface area (Å²) in [6.45, 7) is 15.6. The molecule has 478 valence electrons. The first kappa shape index (κ1) is 66.1. The van der Waals surface area contributed by atoms with Gasteiger partial charge < -0.3 is 97.0 Å². The fourth-order valence-corrected chi connectivity index (χ4v) is 15.6. The van der Waals surface area contributed by atoms with E-state index in [1.54, 1.807) is 74.2 Å². The van der Waals surface area contributed by atoms with Crippen LogP contribution in [-0.4, -0.2) is 216 Å². The Bertz CT molecular complexity index is 2550. The molecule has 4 aliphatic heterocycles. The zero-order valence-electron chi connectivity index (χ0n) is 51.5. The first-order chi connectivity index (χ1) is 40.2. The molecule has 0 bridgehead atoms. The molecule has 0 amide bonds. The lowest BCUT2D eigenvalue weighted by atomic mass is 9.41. The molecule has 27 unspecified atom stereocenters. The number of rotatable bonds is 18. The highest BCUT2D eigenvalue weighted by atomic mass is 16.8. The highest BCUT2D eigenvalue weighted by Gasteiger charge is 2.82. The average Bonchev–Trinajstić information content (AvgIpc) is 1.63. The van der Waals surface area contributed by atoms with Crippen LogP contribution in [0.2, 0.25) is 0 Å². The molecule has 27 atom stereocenters. The van der Waals surface area contributed by atoms with E-state index in [0.717, 1.165) is 5.56 Å². The van der Waals surface area contributed by atoms with Crippen molar-refractivity contribution in [3.05, 3.63) is 65.8 Å². The maximum Gasteiger partial charge on any atom is 0.333 e. The molecule has 4 heterocycles. The fraction of sp³-hybridized carbons (Fsp3) is 0.778. The molecule has 0 aromatic heterocycles. The van der Waals surface area contributed by atoms with Gasteiger partial charge in [0.25, 0.3) is 0 Å². The summed E-state index contributed by atoms with van der Waals surface area (Å²) in [6, 6.07) is 9.19. The summed E-state index contributed by atoms with van der Waals surface area (Å²) in [5.74, 6) is -2.31. The van der Waals surface area contributed by atoms with Crippen LogP contribution < -0.4 is 0 Å². The quantitative estimate of drug-likeness (QED) is 0.0671. The van der Waals surface area contributed by atoms with Crippen LogP contribution in [0.1, 0.15) is 126 Å². The van der Waals surface area contributed by atoms with Gasteiger partial charge in [-0.25, -0.2) is 9.59 Å². The number of fused-ring (bicyclic) bond motifs is 5. The van der Waals surface area contributed by atoms with Crippen LogP contribution in [0.5, 0.6) is 0 Å². The number of aliphatic hydroxyl groups is 6. The standard InChI is InChI=1S/C63H94O22/c1-14-33(2)56(67)80-38(7)61(69)26-27-63(71)59(61,9)45(82-46(64)21-20-39-18-16-15-17-19-39)31-44-58(8)23-22-40(32-60(58,68)24-25-62(44,63)70)81-47-28-41(72-10)52(35(4)76-47)83-48-29-42(73-11)53(36(5)77-48)84-49-30-43(74-12)54(37(6)78-49)85-57-51(66)55(75-13)50(65)34(3)79-57/h14-21,24-25,34-38,40-45,47-55,57,65-66,68-71H,22-23,26-32H2,1-13H3. The van der Waals surface area contributed by atoms with Crippen molar-refractivity contribution in [2.75, 3.05) is 28.4 Å². The van der Waals surface area contributed by atoms with Crippen molar-refractivity contribution < 1.29 is 107 Å². The second-order valence-corrected chi connectivity index (χ2v) is 25.5. The van der Waals surface area contributed by atoms with Crippen LogP contribution >= 0.6 is 0 Å². The number of methoxy groups -OCH3 is 4. The number of benzene rings is 1. The van der Waals surface area contributed by atoms with Gasteiger partial charge in [0.05, 0.1) is 59.8 Å². The molecule has 3 saturated carbocycles. The van der Waals surface area contributed by atoms with Gasteiger partial charge in [-0.3, -0.25) is 0 Å². The summed E-state index contributed by atoms with van der Waals surface area (Å²) in [6.07, 6.45) is -6.27. The molecule has 4 saturated heterocycles. The van der Waals surface area contributed by atoms with Crippen molar-refractivity contribution in [3.8, 4) is 0 Å². The largest absolute Gasteiger partial charge is 0.458 e. The Labute approximate surface area is 499 Å². The van der Waals surface area contributed by atoms with Gasteiger partial charge in [-0.05, 0) is 92.2 Å². The average molecular weight is 1200 g/mol. The van der Waals surface area contributed by atoms with Crippen LogP contribution in [-0.2, 0) is 75.9 Å². The Morgan fingerprint density at radius 3 is 1.76 bits per heavy atom. The summed E-state index contributed by atoms with van der Waals surface area (Å²) < 4.78 is 87.0. The van der Waals surface area contributed by atoms with E-state index in [9.17, 15) is 40.2 Å². The van der Waals surface area contributed by atoms with Crippen LogP contribution in [0.3, 0.4) is 0 Å². The van der Waals surface area contributed by atoms with Gasteiger partial charge in [-0.1, -0.05) is 62.4 Å². The third-order valence-electron chi connectivity index (χ3n) is 21.1.